The number of rotatable bonds is 14. The first-order valence-corrected chi connectivity index (χ1v) is 11.1. The van der Waals surface area contributed by atoms with Crippen LogP contribution in [0.1, 0.15) is 113 Å². The molecule has 146 valence electrons. The molecule has 1 aliphatic heterocycles. The van der Waals surface area contributed by atoms with Crippen LogP contribution in [0.2, 0.25) is 0 Å². The van der Waals surface area contributed by atoms with Crippen molar-refractivity contribution in [1.29, 1.82) is 0 Å². The second-order valence-corrected chi connectivity index (χ2v) is 7.92. The van der Waals surface area contributed by atoms with Gasteiger partial charge in [0.2, 0.25) is 0 Å². The average Bonchev–Trinajstić information content (AvgIpc) is 2.65. The number of ether oxygens (including phenoxy) is 1. The lowest BCUT2D eigenvalue weighted by Crippen LogP contribution is -2.27. The van der Waals surface area contributed by atoms with Crippen LogP contribution in [0.4, 0.5) is 0 Å². The van der Waals surface area contributed by atoms with Gasteiger partial charge in [0.15, 0.2) is 0 Å². The second-order valence-electron chi connectivity index (χ2n) is 7.92. The molecule has 1 atom stereocenters. The number of benzene rings is 1. The summed E-state index contributed by atoms with van der Waals surface area (Å²) in [7, 11) is 0. The van der Waals surface area contributed by atoms with Crippen molar-refractivity contribution in [3.8, 4) is 0 Å². The Morgan fingerprint density at radius 3 is 1.96 bits per heavy atom. The summed E-state index contributed by atoms with van der Waals surface area (Å²) in [6, 6.07) is 7.86. The molecule has 1 aromatic rings. The maximum atomic E-state index is 12.0. The van der Waals surface area contributed by atoms with Crippen LogP contribution in [0.15, 0.2) is 24.3 Å². The molecule has 1 heterocycles. The van der Waals surface area contributed by atoms with E-state index in [0.29, 0.717) is 0 Å². The molecule has 1 aromatic carbocycles. The maximum Gasteiger partial charge on any atom is 0.338 e. The first-order valence-electron chi connectivity index (χ1n) is 11.1. The van der Waals surface area contributed by atoms with Gasteiger partial charge in [0, 0.05) is 6.42 Å². The van der Waals surface area contributed by atoms with Gasteiger partial charge in [-0.25, -0.2) is 4.79 Å². The van der Waals surface area contributed by atoms with E-state index in [-0.39, 0.29) is 12.1 Å². The highest BCUT2D eigenvalue weighted by Crippen LogP contribution is 2.23. The van der Waals surface area contributed by atoms with E-state index in [1.807, 2.05) is 18.2 Å². The number of esters is 1. The molecule has 2 heteroatoms. The van der Waals surface area contributed by atoms with Gasteiger partial charge in [0.25, 0.3) is 0 Å². The number of carbonyl (C=O) groups is 1. The highest BCUT2D eigenvalue weighted by atomic mass is 16.5. The average molecular weight is 359 g/mol. The molecule has 1 unspecified atom stereocenters. The molecule has 0 fully saturated rings. The molecule has 0 bridgehead atoms. The van der Waals surface area contributed by atoms with E-state index in [1.165, 1.54) is 83.5 Å². The van der Waals surface area contributed by atoms with Crippen molar-refractivity contribution in [2.75, 3.05) is 0 Å². The third-order valence-corrected chi connectivity index (χ3v) is 5.59. The van der Waals surface area contributed by atoms with Crippen LogP contribution in [0.5, 0.6) is 0 Å². The molecule has 0 radical (unpaired) electrons. The molecule has 0 spiro atoms. The minimum atomic E-state index is -0.133. The van der Waals surface area contributed by atoms with Gasteiger partial charge in [-0.1, -0.05) is 102 Å². The summed E-state index contributed by atoms with van der Waals surface area (Å²) in [6.45, 7) is 2.28. The van der Waals surface area contributed by atoms with E-state index in [9.17, 15) is 4.79 Å². The van der Waals surface area contributed by atoms with Gasteiger partial charge < -0.3 is 4.74 Å². The third-order valence-electron chi connectivity index (χ3n) is 5.59. The van der Waals surface area contributed by atoms with Crippen molar-refractivity contribution in [2.45, 2.75) is 109 Å². The first-order chi connectivity index (χ1) is 12.8. The number of hydrogen-bond donors (Lipinski definition) is 0. The van der Waals surface area contributed by atoms with Gasteiger partial charge in [-0.2, -0.15) is 0 Å². The molecule has 0 N–H and O–H groups in total. The monoisotopic (exact) mass is 358 g/mol. The van der Waals surface area contributed by atoms with Gasteiger partial charge in [0.1, 0.15) is 6.10 Å². The van der Waals surface area contributed by atoms with Crippen LogP contribution in [0.3, 0.4) is 0 Å². The smallest absolute Gasteiger partial charge is 0.338 e. The fourth-order valence-electron chi connectivity index (χ4n) is 3.95. The van der Waals surface area contributed by atoms with E-state index < -0.39 is 0 Å². The van der Waals surface area contributed by atoms with Crippen LogP contribution in [0.25, 0.3) is 0 Å². The van der Waals surface area contributed by atoms with Crippen LogP contribution in [-0.4, -0.2) is 12.1 Å². The topological polar surface area (TPSA) is 26.3 Å². The van der Waals surface area contributed by atoms with E-state index in [4.69, 9.17) is 4.74 Å². The predicted octanol–water partition coefficient (Wildman–Crippen LogP) is 7.25. The number of cyclic esters (lactones) is 1. The second kappa shape index (κ2) is 12.9. The Morgan fingerprint density at radius 1 is 0.808 bits per heavy atom. The third kappa shape index (κ3) is 7.93. The summed E-state index contributed by atoms with van der Waals surface area (Å²) in [4.78, 5) is 12.0. The molecule has 0 aliphatic carbocycles. The largest absolute Gasteiger partial charge is 0.458 e. The van der Waals surface area contributed by atoms with Gasteiger partial charge >= 0.3 is 5.97 Å². The zero-order valence-corrected chi connectivity index (χ0v) is 16.8. The fraction of sp³-hybridized carbons (Fsp3) is 0.708. The molecule has 2 nitrogen and oxygen atoms in total. The summed E-state index contributed by atoms with van der Waals surface area (Å²) in [5.74, 6) is -0.133. The molecule has 26 heavy (non-hydrogen) atoms. The summed E-state index contributed by atoms with van der Waals surface area (Å²) in [5.41, 5.74) is 1.91. The van der Waals surface area contributed by atoms with Crippen molar-refractivity contribution in [3.05, 3.63) is 35.4 Å². The molecular weight excluding hydrogens is 320 g/mol. The lowest BCUT2D eigenvalue weighted by atomic mass is 9.95. The van der Waals surface area contributed by atoms with E-state index in [1.54, 1.807) is 0 Å². The molecule has 0 saturated heterocycles. The Hall–Kier alpha value is -1.31. The summed E-state index contributed by atoms with van der Waals surface area (Å²) >= 11 is 0. The van der Waals surface area contributed by atoms with Crippen LogP contribution in [-0.2, 0) is 11.2 Å². The van der Waals surface area contributed by atoms with E-state index in [2.05, 4.69) is 13.0 Å². The van der Waals surface area contributed by atoms with Gasteiger partial charge in [-0.05, 0) is 24.5 Å². The van der Waals surface area contributed by atoms with Gasteiger partial charge in [0.05, 0.1) is 5.56 Å². The molecular formula is C24H38O2. The normalized spacial score (nSPS) is 16.3. The van der Waals surface area contributed by atoms with Crippen molar-refractivity contribution in [1.82, 2.24) is 0 Å². The Morgan fingerprint density at radius 2 is 1.35 bits per heavy atom. The Kier molecular flexibility index (Phi) is 10.5. The quantitative estimate of drug-likeness (QED) is 0.258. The zero-order chi connectivity index (χ0) is 18.5. The van der Waals surface area contributed by atoms with E-state index in [0.717, 1.165) is 24.0 Å². The van der Waals surface area contributed by atoms with Crippen molar-refractivity contribution in [2.24, 2.45) is 0 Å². The lowest BCUT2D eigenvalue weighted by molar-refractivity contribution is 0.0232. The highest BCUT2D eigenvalue weighted by Gasteiger charge is 2.25. The van der Waals surface area contributed by atoms with E-state index >= 15 is 0 Å². The zero-order valence-electron chi connectivity index (χ0n) is 16.8. The molecule has 0 amide bonds. The van der Waals surface area contributed by atoms with Crippen molar-refractivity contribution in [3.63, 3.8) is 0 Å². The number of fused-ring (bicyclic) bond motifs is 1. The first kappa shape index (κ1) is 21.0. The molecule has 0 aromatic heterocycles. The molecule has 1 aliphatic rings. The van der Waals surface area contributed by atoms with Crippen molar-refractivity contribution >= 4 is 5.97 Å². The Bertz CT molecular complexity index is 509. The van der Waals surface area contributed by atoms with Crippen LogP contribution in [0, 0.1) is 0 Å². The van der Waals surface area contributed by atoms with Gasteiger partial charge in [-0.3, -0.25) is 0 Å². The lowest BCUT2D eigenvalue weighted by Gasteiger charge is -2.24. The SMILES string of the molecule is CCCCCCCCCCCCCCCC1Cc2ccccc2C(=O)O1. The summed E-state index contributed by atoms with van der Waals surface area (Å²) < 4.78 is 5.58. The Balaban J connectivity index is 1.41. The minimum absolute atomic E-state index is 0.0881. The number of hydrogen-bond acceptors (Lipinski definition) is 2. The van der Waals surface area contributed by atoms with Crippen LogP contribution >= 0.6 is 0 Å². The number of unbranched alkanes of at least 4 members (excludes halogenated alkanes) is 12. The molecule has 0 saturated carbocycles. The highest BCUT2D eigenvalue weighted by molar-refractivity contribution is 5.92. The Labute approximate surface area is 160 Å². The van der Waals surface area contributed by atoms with Crippen molar-refractivity contribution < 1.29 is 9.53 Å². The standard InChI is InChI=1S/C24H38O2/c1-2-3-4-5-6-7-8-9-10-11-12-13-14-18-22-20-21-17-15-16-19-23(21)24(25)26-22/h15-17,19,22H,2-14,18,20H2,1H3. The molecule has 2 rings (SSSR count). The maximum absolute atomic E-state index is 12.0. The summed E-state index contributed by atoms with van der Waals surface area (Å²) in [6.07, 6.45) is 19.8. The summed E-state index contributed by atoms with van der Waals surface area (Å²) in [5, 5.41) is 0. The van der Waals surface area contributed by atoms with Crippen LogP contribution < -0.4 is 0 Å². The minimum Gasteiger partial charge on any atom is -0.458 e. The fourth-order valence-corrected chi connectivity index (χ4v) is 3.95. The number of carbonyl (C=O) groups excluding carboxylic acids is 1. The van der Waals surface area contributed by atoms with Gasteiger partial charge in [-0.15, -0.1) is 0 Å². The predicted molar refractivity (Wildman–Crippen MR) is 110 cm³/mol.